The van der Waals surface area contributed by atoms with Crippen LogP contribution in [0.25, 0.3) is 6.08 Å². The molecule has 1 amide bonds. The number of nitrogens with one attached hydrogen (secondary N) is 2. The minimum absolute atomic E-state index is 0.0561. The van der Waals surface area contributed by atoms with E-state index < -0.39 is 0 Å². The summed E-state index contributed by atoms with van der Waals surface area (Å²) in [4.78, 5) is 11.4. The molecule has 1 rings (SSSR count). The largest absolute Gasteiger partial charge is 0.351 e. The van der Waals surface area contributed by atoms with Gasteiger partial charge in [-0.3, -0.25) is 4.79 Å². The lowest BCUT2D eigenvalue weighted by molar-refractivity contribution is -0.116. The highest BCUT2D eigenvalue weighted by Gasteiger charge is 1.95. The average Bonchev–Trinajstić information content (AvgIpc) is 2.33. The van der Waals surface area contributed by atoms with Crippen LogP contribution in [0.5, 0.6) is 0 Å². The van der Waals surface area contributed by atoms with Crippen molar-refractivity contribution >= 4 is 12.0 Å². The summed E-state index contributed by atoms with van der Waals surface area (Å²) >= 11 is 0. The second-order valence-corrected chi connectivity index (χ2v) is 4.14. The van der Waals surface area contributed by atoms with Crippen molar-refractivity contribution in [3.05, 3.63) is 42.0 Å². The van der Waals surface area contributed by atoms with Gasteiger partial charge in [0.2, 0.25) is 5.91 Å². The Bertz CT molecular complexity index is 358. The number of carbonyl (C=O) groups is 1. The minimum atomic E-state index is -0.0561. The first-order valence-corrected chi connectivity index (χ1v) is 5.93. The second kappa shape index (κ2) is 7.63. The van der Waals surface area contributed by atoms with Crippen LogP contribution in [-0.4, -0.2) is 25.0 Å². The molecule has 3 nitrogen and oxygen atoms in total. The predicted molar refractivity (Wildman–Crippen MR) is 71.6 cm³/mol. The van der Waals surface area contributed by atoms with Crippen LogP contribution in [0, 0.1) is 0 Å². The average molecular weight is 232 g/mol. The van der Waals surface area contributed by atoms with Gasteiger partial charge in [-0.2, -0.15) is 0 Å². The van der Waals surface area contributed by atoms with E-state index in [2.05, 4.69) is 24.5 Å². The first-order valence-electron chi connectivity index (χ1n) is 5.93. The fourth-order valence-corrected chi connectivity index (χ4v) is 1.34. The molecule has 0 aliphatic carbocycles. The van der Waals surface area contributed by atoms with E-state index in [-0.39, 0.29) is 5.91 Å². The van der Waals surface area contributed by atoms with Crippen molar-refractivity contribution < 1.29 is 4.79 Å². The highest BCUT2D eigenvalue weighted by molar-refractivity contribution is 5.91. The van der Waals surface area contributed by atoms with Crippen molar-refractivity contribution in [1.82, 2.24) is 10.6 Å². The van der Waals surface area contributed by atoms with E-state index in [0.717, 1.165) is 12.1 Å². The zero-order chi connectivity index (χ0) is 12.5. The number of benzene rings is 1. The Balaban J connectivity index is 2.23. The lowest BCUT2D eigenvalue weighted by Gasteiger charge is -2.07. The van der Waals surface area contributed by atoms with Gasteiger partial charge >= 0.3 is 0 Å². The van der Waals surface area contributed by atoms with Crippen LogP contribution in [0.2, 0.25) is 0 Å². The maximum atomic E-state index is 11.4. The summed E-state index contributed by atoms with van der Waals surface area (Å²) in [6.45, 7) is 5.60. The summed E-state index contributed by atoms with van der Waals surface area (Å²) in [6.07, 6.45) is 3.37. The van der Waals surface area contributed by atoms with E-state index in [0.29, 0.717) is 12.6 Å². The van der Waals surface area contributed by atoms with Gasteiger partial charge in [-0.1, -0.05) is 44.2 Å². The lowest BCUT2D eigenvalue weighted by Crippen LogP contribution is -2.33. The third kappa shape index (κ3) is 6.53. The molecule has 17 heavy (non-hydrogen) atoms. The third-order valence-electron chi connectivity index (χ3n) is 2.20. The number of amides is 1. The van der Waals surface area contributed by atoms with Crippen LogP contribution in [0.3, 0.4) is 0 Å². The molecular weight excluding hydrogens is 212 g/mol. The van der Waals surface area contributed by atoms with Crippen LogP contribution in [0.15, 0.2) is 36.4 Å². The van der Waals surface area contributed by atoms with Crippen LogP contribution >= 0.6 is 0 Å². The van der Waals surface area contributed by atoms with Gasteiger partial charge in [-0.25, -0.2) is 0 Å². The molecular formula is C14H20N2O. The van der Waals surface area contributed by atoms with Crippen molar-refractivity contribution in [1.29, 1.82) is 0 Å². The summed E-state index contributed by atoms with van der Waals surface area (Å²) in [7, 11) is 0. The Kier molecular flexibility index (Phi) is 6.04. The van der Waals surface area contributed by atoms with Crippen molar-refractivity contribution in [3.8, 4) is 0 Å². The molecule has 1 aromatic rings. The third-order valence-corrected chi connectivity index (χ3v) is 2.20. The van der Waals surface area contributed by atoms with Gasteiger partial charge in [0.1, 0.15) is 0 Å². The summed E-state index contributed by atoms with van der Waals surface area (Å²) in [6, 6.07) is 10.2. The zero-order valence-electron chi connectivity index (χ0n) is 10.4. The fourth-order valence-electron chi connectivity index (χ4n) is 1.34. The summed E-state index contributed by atoms with van der Waals surface area (Å²) in [5.41, 5.74) is 1.03. The molecule has 0 aliphatic heterocycles. The molecule has 0 spiro atoms. The minimum Gasteiger partial charge on any atom is -0.351 e. The van der Waals surface area contributed by atoms with Gasteiger partial charge in [-0.05, 0) is 11.6 Å². The molecule has 92 valence electrons. The SMILES string of the molecule is CC(C)NCCNC(=O)/C=C/c1ccccc1. The lowest BCUT2D eigenvalue weighted by atomic mass is 10.2. The number of carbonyl (C=O) groups excluding carboxylic acids is 1. The van der Waals surface area contributed by atoms with E-state index in [4.69, 9.17) is 0 Å². The van der Waals surface area contributed by atoms with E-state index >= 15 is 0 Å². The Labute approximate surface area is 103 Å². The quantitative estimate of drug-likeness (QED) is 0.580. The van der Waals surface area contributed by atoms with Gasteiger partial charge < -0.3 is 10.6 Å². The number of rotatable bonds is 6. The van der Waals surface area contributed by atoms with E-state index in [1.807, 2.05) is 36.4 Å². The van der Waals surface area contributed by atoms with Crippen LogP contribution in [-0.2, 0) is 4.79 Å². The fraction of sp³-hybridized carbons (Fsp3) is 0.357. The molecule has 0 aliphatic rings. The monoisotopic (exact) mass is 232 g/mol. The Hall–Kier alpha value is -1.61. The smallest absolute Gasteiger partial charge is 0.244 e. The topological polar surface area (TPSA) is 41.1 Å². The Morgan fingerprint density at radius 3 is 2.59 bits per heavy atom. The molecule has 0 atom stereocenters. The van der Waals surface area contributed by atoms with Crippen molar-refractivity contribution in [2.75, 3.05) is 13.1 Å². The molecule has 0 unspecified atom stereocenters. The molecule has 1 aromatic carbocycles. The van der Waals surface area contributed by atoms with Gasteiger partial charge in [0.15, 0.2) is 0 Å². The predicted octanol–water partition coefficient (Wildman–Crippen LogP) is 1.81. The van der Waals surface area contributed by atoms with Gasteiger partial charge in [0.05, 0.1) is 0 Å². The van der Waals surface area contributed by atoms with Crippen molar-refractivity contribution in [2.45, 2.75) is 19.9 Å². The highest BCUT2D eigenvalue weighted by Crippen LogP contribution is 2.00. The Morgan fingerprint density at radius 1 is 1.24 bits per heavy atom. The summed E-state index contributed by atoms with van der Waals surface area (Å²) < 4.78 is 0. The molecule has 0 fully saturated rings. The molecule has 0 bridgehead atoms. The van der Waals surface area contributed by atoms with Gasteiger partial charge in [0, 0.05) is 25.2 Å². The zero-order valence-corrected chi connectivity index (χ0v) is 10.4. The Morgan fingerprint density at radius 2 is 1.94 bits per heavy atom. The maximum absolute atomic E-state index is 11.4. The second-order valence-electron chi connectivity index (χ2n) is 4.14. The molecule has 0 aromatic heterocycles. The van der Waals surface area contributed by atoms with Crippen LogP contribution < -0.4 is 10.6 Å². The molecule has 0 saturated carbocycles. The van der Waals surface area contributed by atoms with Crippen molar-refractivity contribution in [3.63, 3.8) is 0 Å². The molecule has 0 heterocycles. The van der Waals surface area contributed by atoms with E-state index in [9.17, 15) is 4.79 Å². The van der Waals surface area contributed by atoms with Gasteiger partial charge in [-0.15, -0.1) is 0 Å². The standard InChI is InChI=1S/C14H20N2O/c1-12(2)15-10-11-16-14(17)9-8-13-6-4-3-5-7-13/h3-9,12,15H,10-11H2,1-2H3,(H,16,17)/b9-8+. The van der Waals surface area contributed by atoms with Crippen LogP contribution in [0.1, 0.15) is 19.4 Å². The van der Waals surface area contributed by atoms with Gasteiger partial charge in [0.25, 0.3) is 0 Å². The summed E-state index contributed by atoms with van der Waals surface area (Å²) in [5.74, 6) is -0.0561. The van der Waals surface area contributed by atoms with E-state index in [1.165, 1.54) is 0 Å². The molecule has 3 heteroatoms. The van der Waals surface area contributed by atoms with Crippen molar-refractivity contribution in [2.24, 2.45) is 0 Å². The summed E-state index contributed by atoms with van der Waals surface area (Å²) in [5, 5.41) is 6.06. The first-order chi connectivity index (χ1) is 8.18. The maximum Gasteiger partial charge on any atom is 0.244 e. The number of hydrogen-bond donors (Lipinski definition) is 2. The first kappa shape index (κ1) is 13.5. The molecule has 0 saturated heterocycles. The normalized spacial score (nSPS) is 11.0. The van der Waals surface area contributed by atoms with E-state index in [1.54, 1.807) is 6.08 Å². The molecule has 2 N–H and O–H groups in total. The van der Waals surface area contributed by atoms with Crippen LogP contribution in [0.4, 0.5) is 0 Å². The molecule has 0 radical (unpaired) electrons. The number of hydrogen-bond acceptors (Lipinski definition) is 2. The highest BCUT2D eigenvalue weighted by atomic mass is 16.1.